The first-order valence-corrected chi connectivity index (χ1v) is 5.60. The highest BCUT2D eigenvalue weighted by atomic mass is 32.2. The molecular formula is C10H8N2O2S. The van der Waals surface area contributed by atoms with E-state index in [2.05, 4.69) is 9.69 Å². The topological polar surface area (TPSA) is 42.9 Å². The lowest BCUT2D eigenvalue weighted by atomic mass is 10.2. The van der Waals surface area contributed by atoms with Crippen LogP contribution in [0.4, 0.5) is 0 Å². The molecule has 0 spiro atoms. The number of sulfone groups is 1. The molecule has 0 fully saturated rings. The second kappa shape index (κ2) is 4.12. The molecule has 5 heteroatoms. The van der Waals surface area contributed by atoms with E-state index in [1.807, 2.05) is 6.92 Å². The standard InChI is InChI=1S/C10H8N2O2S/c1-8-4-6-9(7-5-8)15(13,14)10(11-2)12-3/h4-7,10H,1H3. The predicted molar refractivity (Wildman–Crippen MR) is 55.4 cm³/mol. The Morgan fingerprint density at radius 2 is 1.60 bits per heavy atom. The van der Waals surface area contributed by atoms with Crippen molar-refractivity contribution in [1.29, 1.82) is 0 Å². The number of nitrogens with zero attached hydrogens (tertiary/aromatic N) is 2. The van der Waals surface area contributed by atoms with Gasteiger partial charge >= 0.3 is 15.3 Å². The van der Waals surface area contributed by atoms with Gasteiger partial charge in [0, 0.05) is 0 Å². The third kappa shape index (κ3) is 2.15. The molecule has 1 rings (SSSR count). The number of rotatable bonds is 2. The van der Waals surface area contributed by atoms with Gasteiger partial charge in [0.15, 0.2) is 0 Å². The molecule has 0 bridgehead atoms. The summed E-state index contributed by atoms with van der Waals surface area (Å²) in [6, 6.07) is 6.09. The lowest BCUT2D eigenvalue weighted by Gasteiger charge is -1.98. The van der Waals surface area contributed by atoms with Gasteiger partial charge in [-0.1, -0.05) is 17.7 Å². The van der Waals surface area contributed by atoms with E-state index in [4.69, 9.17) is 13.1 Å². The molecule has 0 unspecified atom stereocenters. The summed E-state index contributed by atoms with van der Waals surface area (Å²) in [5.74, 6) is 0. The van der Waals surface area contributed by atoms with Crippen LogP contribution in [0.3, 0.4) is 0 Å². The van der Waals surface area contributed by atoms with E-state index in [0.29, 0.717) is 0 Å². The smallest absolute Gasteiger partial charge is 0.223 e. The van der Waals surface area contributed by atoms with Gasteiger partial charge in [-0.3, -0.25) is 0 Å². The fourth-order valence-corrected chi connectivity index (χ4v) is 2.05. The quantitative estimate of drug-likeness (QED) is 0.714. The molecule has 15 heavy (non-hydrogen) atoms. The minimum atomic E-state index is -3.83. The lowest BCUT2D eigenvalue weighted by molar-refractivity contribution is 0.593. The molecule has 0 radical (unpaired) electrons. The van der Waals surface area contributed by atoms with Gasteiger partial charge in [-0.2, -0.15) is 0 Å². The summed E-state index contributed by atoms with van der Waals surface area (Å²) >= 11 is 0. The first kappa shape index (κ1) is 11.2. The summed E-state index contributed by atoms with van der Waals surface area (Å²) in [5, 5.41) is 0. The first-order chi connectivity index (χ1) is 7.02. The highest BCUT2D eigenvalue weighted by molar-refractivity contribution is 7.92. The van der Waals surface area contributed by atoms with Crippen LogP contribution in [0.25, 0.3) is 9.69 Å². The van der Waals surface area contributed by atoms with Gasteiger partial charge in [-0.05, 0) is 19.1 Å². The van der Waals surface area contributed by atoms with Crippen LogP contribution in [0.5, 0.6) is 0 Å². The van der Waals surface area contributed by atoms with Crippen molar-refractivity contribution >= 4 is 9.84 Å². The SMILES string of the molecule is [C-]#[N+]C([N+]#[C-])S(=O)(=O)c1ccc(C)cc1. The maximum atomic E-state index is 11.7. The fraction of sp³-hybridized carbons (Fsp3) is 0.200. The van der Waals surface area contributed by atoms with E-state index < -0.39 is 15.3 Å². The molecule has 0 aliphatic carbocycles. The number of hydrogen-bond donors (Lipinski definition) is 0. The molecule has 0 saturated carbocycles. The molecule has 0 aromatic heterocycles. The Labute approximate surface area is 88.7 Å². The molecule has 0 N–H and O–H groups in total. The molecule has 0 aliphatic heterocycles. The summed E-state index contributed by atoms with van der Waals surface area (Å²) in [7, 11) is -3.83. The van der Waals surface area contributed by atoms with Crippen LogP contribution < -0.4 is 0 Å². The summed E-state index contributed by atoms with van der Waals surface area (Å²) < 4.78 is 23.4. The van der Waals surface area contributed by atoms with Gasteiger partial charge in [0.25, 0.3) is 0 Å². The van der Waals surface area contributed by atoms with Crippen molar-refractivity contribution in [3.05, 3.63) is 52.7 Å². The van der Waals surface area contributed by atoms with Gasteiger partial charge in [-0.25, -0.2) is 31.3 Å². The van der Waals surface area contributed by atoms with E-state index in [-0.39, 0.29) is 4.90 Å². The monoisotopic (exact) mass is 220 g/mol. The molecule has 4 nitrogen and oxygen atoms in total. The number of benzene rings is 1. The molecule has 0 aliphatic rings. The fourth-order valence-electron chi connectivity index (χ4n) is 1.02. The van der Waals surface area contributed by atoms with Crippen molar-refractivity contribution in [2.45, 2.75) is 17.3 Å². The second-order valence-electron chi connectivity index (χ2n) is 2.94. The molecule has 1 aromatic rings. The van der Waals surface area contributed by atoms with Gasteiger partial charge in [0.05, 0.1) is 4.90 Å². The van der Waals surface area contributed by atoms with Crippen molar-refractivity contribution in [1.82, 2.24) is 0 Å². The normalized spacial score (nSPS) is 10.7. The van der Waals surface area contributed by atoms with E-state index in [9.17, 15) is 8.42 Å². The third-order valence-electron chi connectivity index (χ3n) is 1.85. The molecular weight excluding hydrogens is 212 g/mol. The molecule has 0 saturated heterocycles. The van der Waals surface area contributed by atoms with Crippen LogP contribution in [0.15, 0.2) is 29.2 Å². The lowest BCUT2D eigenvalue weighted by Crippen LogP contribution is -2.13. The summed E-state index contributed by atoms with van der Waals surface area (Å²) in [6.07, 6.45) is 0. The summed E-state index contributed by atoms with van der Waals surface area (Å²) in [5.41, 5.74) is -0.740. The number of aryl methyl sites for hydroxylation is 1. The van der Waals surface area contributed by atoms with Crippen LogP contribution in [0, 0.1) is 20.1 Å². The molecule has 0 atom stereocenters. The predicted octanol–water partition coefficient (Wildman–Crippen LogP) is 1.89. The Bertz CT molecular complexity index is 518. The Morgan fingerprint density at radius 1 is 1.13 bits per heavy atom. The van der Waals surface area contributed by atoms with E-state index >= 15 is 0 Å². The Hall–Kier alpha value is -1.85. The average molecular weight is 220 g/mol. The van der Waals surface area contributed by atoms with Crippen molar-refractivity contribution < 1.29 is 8.42 Å². The van der Waals surface area contributed by atoms with Gasteiger partial charge in [0.2, 0.25) is 0 Å². The van der Waals surface area contributed by atoms with E-state index in [1.165, 1.54) is 12.1 Å². The van der Waals surface area contributed by atoms with Gasteiger partial charge < -0.3 is 0 Å². The van der Waals surface area contributed by atoms with Gasteiger partial charge in [0.1, 0.15) is 0 Å². The van der Waals surface area contributed by atoms with Crippen molar-refractivity contribution in [3.63, 3.8) is 0 Å². The third-order valence-corrected chi connectivity index (χ3v) is 3.54. The Kier molecular flexibility index (Phi) is 3.08. The maximum absolute atomic E-state index is 11.7. The first-order valence-electron chi connectivity index (χ1n) is 4.06. The zero-order chi connectivity index (χ0) is 11.5. The Morgan fingerprint density at radius 3 is 2.00 bits per heavy atom. The van der Waals surface area contributed by atoms with Crippen molar-refractivity contribution in [3.8, 4) is 0 Å². The van der Waals surface area contributed by atoms with Crippen LogP contribution in [-0.4, -0.2) is 13.9 Å². The highest BCUT2D eigenvalue weighted by Crippen LogP contribution is 2.18. The molecule has 76 valence electrons. The molecule has 1 aromatic carbocycles. The zero-order valence-corrected chi connectivity index (χ0v) is 8.82. The van der Waals surface area contributed by atoms with Crippen LogP contribution >= 0.6 is 0 Å². The Balaban J connectivity index is 3.26. The van der Waals surface area contributed by atoms with Crippen molar-refractivity contribution in [2.24, 2.45) is 0 Å². The van der Waals surface area contributed by atoms with Gasteiger partial charge in [-0.15, -0.1) is 0 Å². The van der Waals surface area contributed by atoms with Crippen LogP contribution in [-0.2, 0) is 9.84 Å². The summed E-state index contributed by atoms with van der Waals surface area (Å²) in [4.78, 5) is 5.59. The van der Waals surface area contributed by atoms with Crippen LogP contribution in [0.2, 0.25) is 0 Å². The summed E-state index contributed by atoms with van der Waals surface area (Å²) in [6.45, 7) is 15.1. The highest BCUT2D eigenvalue weighted by Gasteiger charge is 2.37. The maximum Gasteiger partial charge on any atom is 0.582 e. The zero-order valence-electron chi connectivity index (χ0n) is 8.01. The van der Waals surface area contributed by atoms with E-state index in [1.54, 1.807) is 12.1 Å². The largest absolute Gasteiger partial charge is 0.582 e. The second-order valence-corrected chi connectivity index (χ2v) is 4.93. The molecule has 0 heterocycles. The minimum absolute atomic E-state index is 0.0186. The van der Waals surface area contributed by atoms with Crippen molar-refractivity contribution in [2.75, 3.05) is 0 Å². The minimum Gasteiger partial charge on any atom is -0.223 e. The van der Waals surface area contributed by atoms with E-state index in [0.717, 1.165) is 5.56 Å². The molecule has 0 amide bonds. The average Bonchev–Trinajstić information content (AvgIpc) is 2.19. The number of hydrogen-bond acceptors (Lipinski definition) is 2. The van der Waals surface area contributed by atoms with Crippen LogP contribution in [0.1, 0.15) is 5.56 Å².